The van der Waals surface area contributed by atoms with Gasteiger partial charge in [0.2, 0.25) is 5.69 Å². The van der Waals surface area contributed by atoms with Crippen LogP contribution in [-0.2, 0) is 0 Å². The van der Waals surface area contributed by atoms with Gasteiger partial charge in [0.15, 0.2) is 6.20 Å². The highest BCUT2D eigenvalue weighted by atomic mass is 16.5. The number of hydrogen-bond donors (Lipinski definition) is 0. The third-order valence-electron chi connectivity index (χ3n) is 6.28. The van der Waals surface area contributed by atoms with Gasteiger partial charge in [-0.1, -0.05) is 12.1 Å². The first kappa shape index (κ1) is 19.0. The van der Waals surface area contributed by atoms with E-state index < -0.39 is 0 Å². The number of hydrogen-bond acceptors (Lipinski definition) is 4. The van der Waals surface area contributed by atoms with Crippen molar-refractivity contribution < 1.29 is 9.52 Å². The number of aryl methyl sites for hydroxylation is 1. The van der Waals surface area contributed by atoms with Gasteiger partial charge >= 0.3 is 0 Å². The molecule has 0 unspecified atom stereocenters. The van der Waals surface area contributed by atoms with Crippen LogP contribution in [0, 0.1) is 18.0 Å². The van der Waals surface area contributed by atoms with E-state index in [0.29, 0.717) is 17.0 Å². The third-order valence-corrected chi connectivity index (χ3v) is 6.28. The molecule has 0 bridgehead atoms. The number of fused-ring (bicyclic) bond motifs is 1. The molecule has 0 N–H and O–H groups in total. The van der Waals surface area contributed by atoms with Crippen LogP contribution in [-0.4, -0.2) is 53.4 Å². The van der Waals surface area contributed by atoms with Gasteiger partial charge in [-0.05, 0) is 54.8 Å². The summed E-state index contributed by atoms with van der Waals surface area (Å²) in [7, 11) is 0. The molecule has 2 fully saturated rings. The fourth-order valence-corrected chi connectivity index (χ4v) is 4.25. The average molecular weight is 402 g/mol. The molecule has 0 radical (unpaired) electrons. The van der Waals surface area contributed by atoms with Crippen molar-refractivity contribution in [2.24, 2.45) is 5.92 Å². The third kappa shape index (κ3) is 3.75. The van der Waals surface area contributed by atoms with Crippen LogP contribution in [0.15, 0.2) is 48.8 Å². The second-order valence-electron chi connectivity index (χ2n) is 8.53. The zero-order valence-corrected chi connectivity index (χ0v) is 17.3. The van der Waals surface area contributed by atoms with Crippen LogP contribution >= 0.6 is 0 Å². The quantitative estimate of drug-likeness (QED) is 0.497. The molecule has 154 valence electrons. The first-order valence-corrected chi connectivity index (χ1v) is 10.7. The van der Waals surface area contributed by atoms with E-state index in [1.807, 2.05) is 36.1 Å². The molecule has 1 aliphatic heterocycles. The maximum atomic E-state index is 12.9. The normalized spacial score (nSPS) is 17.4. The Morgan fingerprint density at radius 3 is 2.67 bits per heavy atom. The first-order valence-electron chi connectivity index (χ1n) is 10.7. The van der Waals surface area contributed by atoms with Crippen molar-refractivity contribution in [3.63, 3.8) is 0 Å². The van der Waals surface area contributed by atoms with Crippen LogP contribution in [0.1, 0.15) is 28.8 Å². The van der Waals surface area contributed by atoms with E-state index in [1.54, 1.807) is 24.5 Å². The summed E-state index contributed by atoms with van der Waals surface area (Å²) in [5.74, 6) is 0.899. The Morgan fingerprint density at radius 2 is 1.97 bits per heavy atom. The molecule has 1 amide bonds. The monoisotopic (exact) mass is 402 g/mol. The van der Waals surface area contributed by atoms with Crippen LogP contribution in [0.2, 0.25) is 0 Å². The lowest BCUT2D eigenvalue weighted by Gasteiger charge is -2.34. The summed E-state index contributed by atoms with van der Waals surface area (Å²) in [6.45, 7) is 6.62. The number of amides is 1. The summed E-state index contributed by atoms with van der Waals surface area (Å²) in [4.78, 5) is 21.7. The van der Waals surface area contributed by atoms with Gasteiger partial charge in [0, 0.05) is 50.4 Å². The van der Waals surface area contributed by atoms with Crippen LogP contribution in [0.3, 0.4) is 0 Å². The van der Waals surface area contributed by atoms with E-state index in [4.69, 9.17) is 0 Å². The van der Waals surface area contributed by atoms with E-state index in [0.717, 1.165) is 53.2 Å². The number of nitrogens with zero attached hydrogens (tertiary/aromatic N) is 4. The molecule has 1 saturated heterocycles. The van der Waals surface area contributed by atoms with Crippen LogP contribution in [0.25, 0.3) is 22.2 Å². The second kappa shape index (κ2) is 7.69. The lowest BCUT2D eigenvalue weighted by Crippen LogP contribution is -2.49. The van der Waals surface area contributed by atoms with Crippen molar-refractivity contribution in [3.05, 3.63) is 65.1 Å². The minimum Gasteiger partial charge on any atom is -0.618 e. The van der Waals surface area contributed by atoms with E-state index in [9.17, 15) is 10.0 Å². The van der Waals surface area contributed by atoms with Gasteiger partial charge < -0.3 is 10.1 Å². The van der Waals surface area contributed by atoms with Crippen LogP contribution in [0.4, 0.5) is 0 Å². The molecule has 1 saturated carbocycles. The zero-order valence-electron chi connectivity index (χ0n) is 17.3. The lowest BCUT2D eigenvalue weighted by molar-refractivity contribution is -0.592. The summed E-state index contributed by atoms with van der Waals surface area (Å²) >= 11 is 0. The SMILES string of the molecule is Cc1cccc2c[n+]([O-])c(-c3ccc(C(=O)N4CCN(CC5CC5)CC4)cn3)cc12. The molecule has 3 heterocycles. The molecular weight excluding hydrogens is 376 g/mol. The van der Waals surface area contributed by atoms with Crippen molar-refractivity contribution in [2.75, 3.05) is 32.7 Å². The summed E-state index contributed by atoms with van der Waals surface area (Å²) < 4.78 is 0.852. The van der Waals surface area contributed by atoms with E-state index >= 15 is 0 Å². The van der Waals surface area contributed by atoms with Crippen molar-refractivity contribution in [3.8, 4) is 11.4 Å². The fraction of sp³-hybridized carbons (Fsp3) is 0.375. The van der Waals surface area contributed by atoms with Gasteiger partial charge in [-0.3, -0.25) is 9.69 Å². The number of carbonyl (C=O) groups excluding carboxylic acids is 1. The van der Waals surface area contributed by atoms with Gasteiger partial charge in [-0.2, -0.15) is 4.73 Å². The minimum absolute atomic E-state index is 0.0180. The molecule has 3 aromatic rings. The Morgan fingerprint density at radius 1 is 1.17 bits per heavy atom. The molecule has 6 nitrogen and oxygen atoms in total. The Kier molecular flexibility index (Phi) is 4.87. The number of carbonyl (C=O) groups is 1. The first-order chi connectivity index (χ1) is 14.6. The number of aromatic nitrogens is 2. The Hall–Kier alpha value is -2.99. The van der Waals surface area contributed by atoms with Gasteiger partial charge in [-0.25, -0.2) is 4.98 Å². The largest absolute Gasteiger partial charge is 0.618 e. The molecule has 1 aliphatic carbocycles. The predicted octanol–water partition coefficient (Wildman–Crippen LogP) is 3.01. The van der Waals surface area contributed by atoms with Crippen LogP contribution < -0.4 is 4.73 Å². The van der Waals surface area contributed by atoms with Crippen molar-refractivity contribution in [1.82, 2.24) is 14.8 Å². The molecule has 0 spiro atoms. The van der Waals surface area contributed by atoms with Gasteiger partial charge in [0.25, 0.3) is 5.91 Å². The average Bonchev–Trinajstić information content (AvgIpc) is 3.58. The number of piperazine rings is 1. The van der Waals surface area contributed by atoms with E-state index in [2.05, 4.69) is 9.88 Å². The molecule has 2 aromatic heterocycles. The maximum absolute atomic E-state index is 12.9. The topological polar surface area (TPSA) is 63.4 Å². The summed E-state index contributed by atoms with van der Waals surface area (Å²) in [6, 6.07) is 11.3. The summed E-state index contributed by atoms with van der Waals surface area (Å²) in [5.41, 5.74) is 2.75. The highest BCUT2D eigenvalue weighted by Gasteiger charge is 2.28. The standard InChI is InChI=1S/C24H26N4O2/c1-17-3-2-4-20-16-28(30)23(13-21(17)20)22-8-7-19(14-25-22)24(29)27-11-9-26(10-12-27)15-18-5-6-18/h2-4,7-8,13-14,16,18H,5-6,9-12,15H2,1H3. The van der Waals surface area contributed by atoms with E-state index in [1.165, 1.54) is 19.4 Å². The number of benzene rings is 1. The Labute approximate surface area is 176 Å². The highest BCUT2D eigenvalue weighted by Crippen LogP contribution is 2.30. The Bertz CT molecular complexity index is 1080. The van der Waals surface area contributed by atoms with Crippen molar-refractivity contribution in [1.29, 1.82) is 0 Å². The van der Waals surface area contributed by atoms with Gasteiger partial charge in [-0.15, -0.1) is 0 Å². The molecule has 6 heteroatoms. The minimum atomic E-state index is 0.0180. The van der Waals surface area contributed by atoms with Crippen molar-refractivity contribution in [2.45, 2.75) is 19.8 Å². The second-order valence-corrected chi connectivity index (χ2v) is 8.53. The maximum Gasteiger partial charge on any atom is 0.255 e. The lowest BCUT2D eigenvalue weighted by atomic mass is 10.1. The smallest absolute Gasteiger partial charge is 0.255 e. The fourth-order valence-electron chi connectivity index (χ4n) is 4.25. The molecule has 0 atom stereocenters. The van der Waals surface area contributed by atoms with Gasteiger partial charge in [0.05, 0.1) is 5.56 Å². The Balaban J connectivity index is 1.32. The molecule has 1 aromatic carbocycles. The highest BCUT2D eigenvalue weighted by molar-refractivity contribution is 5.94. The molecule has 30 heavy (non-hydrogen) atoms. The van der Waals surface area contributed by atoms with Crippen molar-refractivity contribution >= 4 is 16.7 Å². The predicted molar refractivity (Wildman–Crippen MR) is 116 cm³/mol. The molecule has 2 aliphatic rings. The van der Waals surface area contributed by atoms with Crippen LogP contribution in [0.5, 0.6) is 0 Å². The molecule has 5 rings (SSSR count). The van der Waals surface area contributed by atoms with Gasteiger partial charge in [0.1, 0.15) is 5.69 Å². The molecular formula is C24H26N4O2. The number of rotatable bonds is 4. The summed E-state index contributed by atoms with van der Waals surface area (Å²) in [5, 5.41) is 14.5. The number of pyridine rings is 2. The summed E-state index contributed by atoms with van der Waals surface area (Å²) in [6.07, 6.45) is 5.89. The zero-order chi connectivity index (χ0) is 20.7. The van der Waals surface area contributed by atoms with E-state index in [-0.39, 0.29) is 5.91 Å².